The molecule has 0 aliphatic heterocycles. The standard InChI is InChI=1S/C19H28N2O2/c1-6-22-18(23-7-2)17-20-15-11-8-9-12-16(15)21(17)14-10-13-19(3,4)5/h8-13,18H,6-7,14H2,1-5H3/b13-10-. The summed E-state index contributed by atoms with van der Waals surface area (Å²) in [6, 6.07) is 8.16. The number of allylic oxidation sites excluding steroid dienone is 2. The molecule has 0 N–H and O–H groups in total. The van der Waals surface area contributed by atoms with Gasteiger partial charge in [0.05, 0.1) is 11.0 Å². The summed E-state index contributed by atoms with van der Waals surface area (Å²) in [5.74, 6) is 0.827. The Labute approximate surface area is 139 Å². The normalized spacial score (nSPS) is 12.8. The number of hydrogen-bond acceptors (Lipinski definition) is 3. The zero-order chi connectivity index (χ0) is 16.9. The van der Waals surface area contributed by atoms with Crippen LogP contribution in [-0.4, -0.2) is 22.8 Å². The van der Waals surface area contributed by atoms with Gasteiger partial charge < -0.3 is 14.0 Å². The molecule has 1 aromatic carbocycles. The largest absolute Gasteiger partial charge is 0.346 e. The van der Waals surface area contributed by atoms with E-state index in [0.717, 1.165) is 23.4 Å². The van der Waals surface area contributed by atoms with Gasteiger partial charge in [0.2, 0.25) is 6.29 Å². The van der Waals surface area contributed by atoms with Crippen molar-refractivity contribution in [3.63, 3.8) is 0 Å². The lowest BCUT2D eigenvalue weighted by atomic mass is 9.96. The van der Waals surface area contributed by atoms with Crippen LogP contribution in [-0.2, 0) is 16.0 Å². The molecule has 0 aliphatic rings. The highest BCUT2D eigenvalue weighted by Crippen LogP contribution is 2.25. The summed E-state index contributed by atoms with van der Waals surface area (Å²) in [4.78, 5) is 4.74. The first-order valence-corrected chi connectivity index (χ1v) is 8.32. The predicted molar refractivity (Wildman–Crippen MR) is 94.3 cm³/mol. The maximum atomic E-state index is 5.76. The lowest BCUT2D eigenvalue weighted by molar-refractivity contribution is -0.146. The van der Waals surface area contributed by atoms with E-state index >= 15 is 0 Å². The van der Waals surface area contributed by atoms with Crippen molar-refractivity contribution in [2.24, 2.45) is 5.41 Å². The SMILES string of the molecule is CCOC(OCC)c1nc2ccccc2n1C/C=C\C(C)(C)C. The summed E-state index contributed by atoms with van der Waals surface area (Å²) >= 11 is 0. The first kappa shape index (κ1) is 17.7. The molecule has 0 fully saturated rings. The summed E-state index contributed by atoms with van der Waals surface area (Å²) in [7, 11) is 0. The smallest absolute Gasteiger partial charge is 0.217 e. The molecule has 23 heavy (non-hydrogen) atoms. The van der Waals surface area contributed by atoms with Crippen LogP contribution in [0.3, 0.4) is 0 Å². The molecule has 1 aromatic heterocycles. The predicted octanol–water partition coefficient (Wildman–Crippen LogP) is 4.71. The fourth-order valence-corrected chi connectivity index (χ4v) is 2.48. The van der Waals surface area contributed by atoms with Crippen LogP contribution in [0, 0.1) is 5.41 Å². The van der Waals surface area contributed by atoms with Crippen molar-refractivity contribution in [1.82, 2.24) is 9.55 Å². The highest BCUT2D eigenvalue weighted by Gasteiger charge is 2.20. The van der Waals surface area contributed by atoms with E-state index in [0.29, 0.717) is 13.2 Å². The quantitative estimate of drug-likeness (QED) is 0.548. The van der Waals surface area contributed by atoms with E-state index in [4.69, 9.17) is 14.5 Å². The van der Waals surface area contributed by atoms with Crippen LogP contribution in [0.2, 0.25) is 0 Å². The third kappa shape index (κ3) is 4.66. The number of aromatic nitrogens is 2. The van der Waals surface area contributed by atoms with Crippen LogP contribution in [0.15, 0.2) is 36.4 Å². The van der Waals surface area contributed by atoms with Crippen molar-refractivity contribution in [2.75, 3.05) is 13.2 Å². The number of nitrogens with zero attached hydrogens (tertiary/aromatic N) is 2. The Morgan fingerprint density at radius 2 is 1.78 bits per heavy atom. The second-order valence-corrected chi connectivity index (χ2v) is 6.58. The van der Waals surface area contributed by atoms with Gasteiger partial charge in [-0.1, -0.05) is 45.1 Å². The molecule has 4 nitrogen and oxygen atoms in total. The number of rotatable bonds is 7. The Morgan fingerprint density at radius 1 is 1.13 bits per heavy atom. The topological polar surface area (TPSA) is 36.3 Å². The van der Waals surface area contributed by atoms with Crippen LogP contribution in [0.1, 0.15) is 46.7 Å². The Bertz CT molecular complexity index is 647. The van der Waals surface area contributed by atoms with Gasteiger partial charge in [0.1, 0.15) is 0 Å². The number of fused-ring (bicyclic) bond motifs is 1. The molecular weight excluding hydrogens is 288 g/mol. The Balaban J connectivity index is 2.41. The highest BCUT2D eigenvalue weighted by atomic mass is 16.7. The number of imidazole rings is 1. The van der Waals surface area contributed by atoms with E-state index in [2.05, 4.69) is 43.6 Å². The molecule has 0 atom stereocenters. The lowest BCUT2D eigenvalue weighted by Crippen LogP contribution is -2.15. The van der Waals surface area contributed by atoms with Crippen molar-refractivity contribution in [2.45, 2.75) is 47.5 Å². The Hall–Kier alpha value is -1.65. The van der Waals surface area contributed by atoms with Gasteiger partial charge in [-0.05, 0) is 31.4 Å². The van der Waals surface area contributed by atoms with Gasteiger partial charge in [0.25, 0.3) is 0 Å². The zero-order valence-electron chi connectivity index (χ0n) is 14.9. The van der Waals surface area contributed by atoms with Crippen LogP contribution >= 0.6 is 0 Å². The van der Waals surface area contributed by atoms with Gasteiger partial charge >= 0.3 is 0 Å². The molecular formula is C19H28N2O2. The van der Waals surface area contributed by atoms with Crippen LogP contribution in [0.5, 0.6) is 0 Å². The average Bonchev–Trinajstić information content (AvgIpc) is 2.85. The molecule has 0 amide bonds. The first-order chi connectivity index (χ1) is 11.0. The molecule has 0 unspecified atom stereocenters. The molecule has 0 bridgehead atoms. The molecule has 0 saturated heterocycles. The van der Waals surface area contributed by atoms with Crippen molar-refractivity contribution >= 4 is 11.0 Å². The van der Waals surface area contributed by atoms with Gasteiger partial charge in [-0.25, -0.2) is 4.98 Å². The van der Waals surface area contributed by atoms with Gasteiger partial charge in [-0.3, -0.25) is 0 Å². The molecule has 2 aromatic rings. The molecule has 1 heterocycles. The number of ether oxygens (including phenoxy) is 2. The Kier molecular flexibility index (Phi) is 5.97. The van der Waals surface area contributed by atoms with E-state index in [1.165, 1.54) is 0 Å². The lowest BCUT2D eigenvalue weighted by Gasteiger charge is -2.18. The minimum Gasteiger partial charge on any atom is -0.346 e. The van der Waals surface area contributed by atoms with Crippen molar-refractivity contribution in [3.05, 3.63) is 42.2 Å². The average molecular weight is 316 g/mol. The summed E-state index contributed by atoms with van der Waals surface area (Å²) in [5, 5.41) is 0. The molecule has 2 rings (SSSR count). The van der Waals surface area contributed by atoms with Gasteiger partial charge in [0, 0.05) is 19.8 Å². The van der Waals surface area contributed by atoms with Gasteiger partial charge in [0.15, 0.2) is 5.82 Å². The minimum atomic E-state index is -0.430. The van der Waals surface area contributed by atoms with Crippen molar-refractivity contribution < 1.29 is 9.47 Å². The van der Waals surface area contributed by atoms with E-state index in [1.807, 2.05) is 32.0 Å². The summed E-state index contributed by atoms with van der Waals surface area (Å²) < 4.78 is 13.7. The van der Waals surface area contributed by atoms with Gasteiger partial charge in [-0.15, -0.1) is 0 Å². The molecule has 0 saturated carbocycles. The summed E-state index contributed by atoms with van der Waals surface area (Å²) in [5.41, 5.74) is 2.23. The monoisotopic (exact) mass is 316 g/mol. The number of para-hydroxylation sites is 2. The molecule has 126 valence electrons. The van der Waals surface area contributed by atoms with E-state index < -0.39 is 6.29 Å². The van der Waals surface area contributed by atoms with Crippen molar-refractivity contribution in [3.8, 4) is 0 Å². The molecule has 0 radical (unpaired) electrons. The zero-order valence-corrected chi connectivity index (χ0v) is 14.9. The van der Waals surface area contributed by atoms with Crippen LogP contribution < -0.4 is 0 Å². The maximum Gasteiger partial charge on any atom is 0.217 e. The second kappa shape index (κ2) is 7.75. The second-order valence-electron chi connectivity index (χ2n) is 6.58. The van der Waals surface area contributed by atoms with Gasteiger partial charge in [-0.2, -0.15) is 0 Å². The fraction of sp³-hybridized carbons (Fsp3) is 0.526. The van der Waals surface area contributed by atoms with Crippen LogP contribution in [0.4, 0.5) is 0 Å². The minimum absolute atomic E-state index is 0.162. The van der Waals surface area contributed by atoms with E-state index in [-0.39, 0.29) is 5.41 Å². The third-order valence-electron chi connectivity index (χ3n) is 3.44. The van der Waals surface area contributed by atoms with E-state index in [9.17, 15) is 0 Å². The van der Waals surface area contributed by atoms with Crippen LogP contribution in [0.25, 0.3) is 11.0 Å². The molecule has 4 heteroatoms. The van der Waals surface area contributed by atoms with Crippen molar-refractivity contribution in [1.29, 1.82) is 0 Å². The Morgan fingerprint density at radius 3 is 2.39 bits per heavy atom. The maximum absolute atomic E-state index is 5.76. The fourth-order valence-electron chi connectivity index (χ4n) is 2.48. The summed E-state index contributed by atoms with van der Waals surface area (Å²) in [6.45, 7) is 12.5. The van der Waals surface area contributed by atoms with E-state index in [1.54, 1.807) is 0 Å². The number of benzene rings is 1. The highest BCUT2D eigenvalue weighted by molar-refractivity contribution is 5.76. The number of hydrogen-bond donors (Lipinski definition) is 0. The molecule has 0 spiro atoms. The first-order valence-electron chi connectivity index (χ1n) is 8.32. The summed E-state index contributed by atoms with van der Waals surface area (Å²) in [6.07, 6.45) is 3.98. The third-order valence-corrected chi connectivity index (χ3v) is 3.44. The molecule has 0 aliphatic carbocycles.